The second-order valence-electron chi connectivity index (χ2n) is 4.34. The monoisotopic (exact) mass is 248 g/mol. The van der Waals surface area contributed by atoms with E-state index in [0.29, 0.717) is 5.56 Å². The highest BCUT2D eigenvalue weighted by atomic mass is 19.2. The second-order valence-corrected chi connectivity index (χ2v) is 4.34. The molecule has 0 aliphatic heterocycles. The summed E-state index contributed by atoms with van der Waals surface area (Å²) in [5, 5.41) is 9.99. The summed E-state index contributed by atoms with van der Waals surface area (Å²) < 4.78 is 26.5. The van der Waals surface area contributed by atoms with Gasteiger partial charge in [0.25, 0.3) is 0 Å². The predicted octanol–water partition coefficient (Wildman–Crippen LogP) is 3.55. The standard InChI is InChI=1S/C15H14F2O/c1-10-5-7-11(8-6-10)14(18)9-12-3-2-4-13(16)15(12)17/h2-8,14,18H,9H2,1H3. The molecular weight excluding hydrogens is 234 g/mol. The van der Waals surface area contributed by atoms with E-state index in [1.54, 1.807) is 12.1 Å². The van der Waals surface area contributed by atoms with Gasteiger partial charge in [0, 0.05) is 6.42 Å². The van der Waals surface area contributed by atoms with Crippen molar-refractivity contribution in [3.8, 4) is 0 Å². The molecule has 0 fully saturated rings. The van der Waals surface area contributed by atoms with Crippen molar-refractivity contribution in [1.82, 2.24) is 0 Å². The van der Waals surface area contributed by atoms with Crippen LogP contribution in [0.1, 0.15) is 22.8 Å². The van der Waals surface area contributed by atoms with Crippen molar-refractivity contribution in [2.75, 3.05) is 0 Å². The number of aryl methyl sites for hydroxylation is 1. The highest BCUT2D eigenvalue weighted by molar-refractivity contribution is 5.26. The van der Waals surface area contributed by atoms with Gasteiger partial charge in [-0.1, -0.05) is 42.0 Å². The average Bonchev–Trinajstić information content (AvgIpc) is 2.36. The van der Waals surface area contributed by atoms with Gasteiger partial charge in [-0.2, -0.15) is 0 Å². The summed E-state index contributed by atoms with van der Waals surface area (Å²) in [4.78, 5) is 0. The Bertz CT molecular complexity index is 535. The zero-order valence-electron chi connectivity index (χ0n) is 10.0. The molecule has 94 valence electrons. The Hall–Kier alpha value is -1.74. The van der Waals surface area contributed by atoms with Crippen molar-refractivity contribution < 1.29 is 13.9 Å². The maximum atomic E-state index is 13.5. The highest BCUT2D eigenvalue weighted by Crippen LogP contribution is 2.21. The van der Waals surface area contributed by atoms with E-state index in [-0.39, 0.29) is 12.0 Å². The molecule has 0 saturated heterocycles. The predicted molar refractivity (Wildman–Crippen MR) is 66.2 cm³/mol. The van der Waals surface area contributed by atoms with E-state index < -0.39 is 17.7 Å². The molecule has 1 N–H and O–H groups in total. The molecule has 1 unspecified atom stereocenters. The highest BCUT2D eigenvalue weighted by Gasteiger charge is 2.13. The van der Waals surface area contributed by atoms with Crippen molar-refractivity contribution in [2.45, 2.75) is 19.4 Å². The van der Waals surface area contributed by atoms with Gasteiger partial charge in [0.1, 0.15) is 0 Å². The van der Waals surface area contributed by atoms with Crippen LogP contribution >= 0.6 is 0 Å². The Morgan fingerprint density at radius 2 is 1.72 bits per heavy atom. The van der Waals surface area contributed by atoms with Crippen molar-refractivity contribution >= 4 is 0 Å². The molecule has 3 heteroatoms. The largest absolute Gasteiger partial charge is 0.388 e. The molecule has 0 spiro atoms. The van der Waals surface area contributed by atoms with E-state index in [9.17, 15) is 13.9 Å². The number of aliphatic hydroxyl groups excluding tert-OH is 1. The van der Waals surface area contributed by atoms with Crippen LogP contribution in [0.2, 0.25) is 0 Å². The molecule has 1 nitrogen and oxygen atoms in total. The van der Waals surface area contributed by atoms with Crippen LogP contribution in [0.15, 0.2) is 42.5 Å². The molecule has 0 bridgehead atoms. The third-order valence-electron chi connectivity index (χ3n) is 2.91. The normalized spacial score (nSPS) is 12.4. The third-order valence-corrected chi connectivity index (χ3v) is 2.91. The summed E-state index contributed by atoms with van der Waals surface area (Å²) in [5.41, 5.74) is 1.97. The molecule has 0 radical (unpaired) electrons. The molecule has 0 aromatic heterocycles. The van der Waals surface area contributed by atoms with E-state index >= 15 is 0 Å². The number of halogens is 2. The molecule has 2 rings (SSSR count). The fourth-order valence-electron chi connectivity index (χ4n) is 1.82. The van der Waals surface area contributed by atoms with E-state index in [4.69, 9.17) is 0 Å². The number of rotatable bonds is 3. The van der Waals surface area contributed by atoms with Gasteiger partial charge in [-0.25, -0.2) is 8.78 Å². The molecule has 0 aliphatic carbocycles. The Morgan fingerprint density at radius 1 is 1.06 bits per heavy atom. The summed E-state index contributed by atoms with van der Waals surface area (Å²) in [6.07, 6.45) is -0.769. The Morgan fingerprint density at radius 3 is 2.39 bits per heavy atom. The fraction of sp³-hybridized carbons (Fsp3) is 0.200. The van der Waals surface area contributed by atoms with Gasteiger partial charge in [0.15, 0.2) is 11.6 Å². The molecule has 0 aliphatic rings. The first-order valence-corrected chi connectivity index (χ1v) is 5.75. The Kier molecular flexibility index (Phi) is 3.72. The summed E-state index contributed by atoms with van der Waals surface area (Å²) >= 11 is 0. The first kappa shape index (κ1) is 12.7. The molecule has 1 atom stereocenters. The topological polar surface area (TPSA) is 20.2 Å². The number of benzene rings is 2. The molecule has 18 heavy (non-hydrogen) atoms. The lowest BCUT2D eigenvalue weighted by atomic mass is 10.00. The average molecular weight is 248 g/mol. The fourth-order valence-corrected chi connectivity index (χ4v) is 1.82. The van der Waals surface area contributed by atoms with E-state index in [1.807, 2.05) is 19.1 Å². The molecule has 0 saturated carbocycles. The SMILES string of the molecule is Cc1ccc(C(O)Cc2cccc(F)c2F)cc1. The van der Waals surface area contributed by atoms with E-state index in [0.717, 1.165) is 11.6 Å². The van der Waals surface area contributed by atoms with Crippen LogP contribution < -0.4 is 0 Å². The minimum Gasteiger partial charge on any atom is -0.388 e. The summed E-state index contributed by atoms with van der Waals surface area (Å²) in [6, 6.07) is 11.3. The van der Waals surface area contributed by atoms with Crippen molar-refractivity contribution in [3.05, 3.63) is 70.8 Å². The first-order chi connectivity index (χ1) is 8.58. The quantitative estimate of drug-likeness (QED) is 0.880. The van der Waals surface area contributed by atoms with Gasteiger partial charge < -0.3 is 5.11 Å². The maximum Gasteiger partial charge on any atom is 0.162 e. The molecule has 0 amide bonds. The van der Waals surface area contributed by atoms with Crippen LogP contribution in [-0.2, 0) is 6.42 Å². The maximum absolute atomic E-state index is 13.5. The molecular formula is C15H14F2O. The zero-order valence-corrected chi connectivity index (χ0v) is 10.0. The molecule has 2 aromatic rings. The Balaban J connectivity index is 2.18. The van der Waals surface area contributed by atoms with Crippen LogP contribution in [0, 0.1) is 18.6 Å². The Labute approximate surface area is 105 Å². The smallest absolute Gasteiger partial charge is 0.162 e. The number of hydrogen-bond donors (Lipinski definition) is 1. The number of hydrogen-bond acceptors (Lipinski definition) is 1. The van der Waals surface area contributed by atoms with Crippen molar-refractivity contribution in [2.24, 2.45) is 0 Å². The minimum absolute atomic E-state index is 0.0622. The van der Waals surface area contributed by atoms with Crippen LogP contribution in [0.5, 0.6) is 0 Å². The van der Waals surface area contributed by atoms with Crippen molar-refractivity contribution in [3.63, 3.8) is 0 Å². The van der Waals surface area contributed by atoms with Gasteiger partial charge in [0.2, 0.25) is 0 Å². The van der Waals surface area contributed by atoms with Crippen molar-refractivity contribution in [1.29, 1.82) is 0 Å². The van der Waals surface area contributed by atoms with Crippen LogP contribution in [0.3, 0.4) is 0 Å². The van der Waals surface area contributed by atoms with E-state index in [1.165, 1.54) is 12.1 Å². The lowest BCUT2D eigenvalue weighted by Gasteiger charge is -2.12. The third kappa shape index (κ3) is 2.74. The van der Waals surface area contributed by atoms with Gasteiger partial charge in [-0.3, -0.25) is 0 Å². The summed E-state index contributed by atoms with van der Waals surface area (Å²) in [6.45, 7) is 1.95. The number of aliphatic hydroxyl groups is 1. The van der Waals surface area contributed by atoms with Gasteiger partial charge >= 0.3 is 0 Å². The van der Waals surface area contributed by atoms with Crippen LogP contribution in [0.4, 0.5) is 8.78 Å². The van der Waals surface area contributed by atoms with Gasteiger partial charge in [-0.15, -0.1) is 0 Å². The molecule has 2 aromatic carbocycles. The molecule has 0 heterocycles. The minimum atomic E-state index is -0.886. The van der Waals surface area contributed by atoms with Gasteiger partial charge in [-0.05, 0) is 24.1 Å². The first-order valence-electron chi connectivity index (χ1n) is 5.75. The van der Waals surface area contributed by atoms with Gasteiger partial charge in [0.05, 0.1) is 6.10 Å². The second kappa shape index (κ2) is 5.27. The van der Waals surface area contributed by atoms with Crippen LogP contribution in [-0.4, -0.2) is 5.11 Å². The zero-order chi connectivity index (χ0) is 13.1. The summed E-state index contributed by atoms with van der Waals surface area (Å²) in [7, 11) is 0. The van der Waals surface area contributed by atoms with Crippen LogP contribution in [0.25, 0.3) is 0 Å². The lowest BCUT2D eigenvalue weighted by molar-refractivity contribution is 0.177. The summed E-state index contributed by atoms with van der Waals surface area (Å²) in [5.74, 6) is -1.77. The van der Waals surface area contributed by atoms with E-state index in [2.05, 4.69) is 0 Å². The lowest BCUT2D eigenvalue weighted by Crippen LogP contribution is -2.04.